The fraction of sp³-hybridized carbons (Fsp3) is 0.130. The van der Waals surface area contributed by atoms with Crippen LogP contribution in [0.25, 0.3) is 11.0 Å². The van der Waals surface area contributed by atoms with Crippen LogP contribution in [0, 0.1) is 17.4 Å². The molecule has 3 aromatic carbocycles. The van der Waals surface area contributed by atoms with Crippen molar-refractivity contribution in [3.8, 4) is 0 Å². The molecule has 4 rings (SSSR count). The predicted molar refractivity (Wildman–Crippen MR) is 134 cm³/mol. The summed E-state index contributed by atoms with van der Waals surface area (Å²) in [6.07, 6.45) is 0. The number of nitrogens with one attached hydrogen (secondary N) is 1. The van der Waals surface area contributed by atoms with Gasteiger partial charge in [-0.25, -0.2) is 18.1 Å². The fourth-order valence-corrected chi connectivity index (χ4v) is 5.25. The number of benzene rings is 3. The average Bonchev–Trinajstić information content (AvgIpc) is 3.04. The molecule has 6 nitrogen and oxygen atoms in total. The molecule has 0 saturated carbocycles. The maximum Gasteiger partial charge on any atom is 0.265 e. The van der Waals surface area contributed by atoms with Crippen molar-refractivity contribution in [3.05, 3.63) is 91.8 Å². The Morgan fingerprint density at radius 1 is 1.06 bits per heavy atom. The van der Waals surface area contributed by atoms with Gasteiger partial charge in [0.25, 0.3) is 15.9 Å². The number of nitrogens with zero attached hydrogens (tertiary/aromatic N) is 2. The molecule has 164 valence electrons. The Kier molecular flexibility index (Phi) is 6.28. The second-order valence-electron chi connectivity index (χ2n) is 7.43. The lowest BCUT2D eigenvalue weighted by Crippen LogP contribution is -2.30. The van der Waals surface area contributed by atoms with Crippen LogP contribution < -0.4 is 4.72 Å². The molecule has 0 fully saturated rings. The third kappa shape index (κ3) is 4.67. The van der Waals surface area contributed by atoms with Crippen molar-refractivity contribution in [1.82, 2.24) is 14.3 Å². The number of hydrogen-bond acceptors (Lipinski definition) is 4. The molecular weight excluding hydrogens is 561 g/mol. The Morgan fingerprint density at radius 2 is 1.78 bits per heavy atom. The van der Waals surface area contributed by atoms with Gasteiger partial charge in [-0.1, -0.05) is 35.4 Å². The first kappa shape index (κ1) is 22.8. The van der Waals surface area contributed by atoms with Crippen molar-refractivity contribution in [2.24, 2.45) is 0 Å². The Hall–Kier alpha value is -2.43. The second kappa shape index (κ2) is 8.84. The molecule has 0 aliphatic heterocycles. The smallest absolute Gasteiger partial charge is 0.265 e. The minimum absolute atomic E-state index is 0.0340. The van der Waals surface area contributed by atoms with Crippen molar-refractivity contribution in [2.75, 3.05) is 0 Å². The van der Waals surface area contributed by atoms with Gasteiger partial charge >= 0.3 is 0 Å². The topological polar surface area (TPSA) is 81.1 Å². The molecule has 0 saturated heterocycles. The highest BCUT2D eigenvalue weighted by molar-refractivity contribution is 14.1. The summed E-state index contributed by atoms with van der Waals surface area (Å²) >= 11 is 8.61. The van der Waals surface area contributed by atoms with Gasteiger partial charge in [0.05, 0.1) is 22.5 Å². The SMILES string of the molecule is Cc1ccc(S(=O)(=O)NC(=O)c2ccc3nc(C)n(Cc4ccc(I)cc4Cl)c3c2)cc1. The number of sulfonamides is 1. The molecule has 32 heavy (non-hydrogen) atoms. The van der Waals surface area contributed by atoms with E-state index >= 15 is 0 Å². The Morgan fingerprint density at radius 3 is 2.47 bits per heavy atom. The average molecular weight is 580 g/mol. The zero-order valence-corrected chi connectivity index (χ0v) is 21.0. The van der Waals surface area contributed by atoms with Gasteiger partial charge in [0.2, 0.25) is 0 Å². The van der Waals surface area contributed by atoms with Gasteiger partial charge in [-0.15, -0.1) is 0 Å². The highest BCUT2D eigenvalue weighted by Crippen LogP contribution is 2.24. The zero-order chi connectivity index (χ0) is 23.0. The van der Waals surface area contributed by atoms with Crippen molar-refractivity contribution in [1.29, 1.82) is 0 Å². The van der Waals surface area contributed by atoms with Gasteiger partial charge in [0, 0.05) is 14.2 Å². The normalized spacial score (nSPS) is 11.6. The van der Waals surface area contributed by atoms with Crippen molar-refractivity contribution in [3.63, 3.8) is 0 Å². The van der Waals surface area contributed by atoms with Gasteiger partial charge in [-0.2, -0.15) is 0 Å². The van der Waals surface area contributed by atoms with Crippen LogP contribution in [0.5, 0.6) is 0 Å². The number of halogens is 2. The third-order valence-corrected chi connectivity index (χ3v) is 7.47. The number of carbonyl (C=O) groups is 1. The van der Waals surface area contributed by atoms with Crippen LogP contribution in [0.1, 0.15) is 27.3 Å². The van der Waals surface area contributed by atoms with Crippen LogP contribution in [0.15, 0.2) is 65.6 Å². The van der Waals surface area contributed by atoms with E-state index in [4.69, 9.17) is 11.6 Å². The minimum Gasteiger partial charge on any atom is -0.324 e. The summed E-state index contributed by atoms with van der Waals surface area (Å²) in [7, 11) is -3.98. The highest BCUT2D eigenvalue weighted by atomic mass is 127. The van der Waals surface area contributed by atoms with Gasteiger partial charge in [-0.3, -0.25) is 4.79 Å². The zero-order valence-electron chi connectivity index (χ0n) is 17.3. The number of amides is 1. The quantitative estimate of drug-likeness (QED) is 0.335. The molecule has 0 spiro atoms. The van der Waals surface area contributed by atoms with E-state index in [9.17, 15) is 13.2 Å². The first-order valence-corrected chi connectivity index (χ1v) is 12.6. The third-order valence-electron chi connectivity index (χ3n) is 5.10. The molecule has 0 aliphatic rings. The lowest BCUT2D eigenvalue weighted by atomic mass is 10.2. The molecule has 0 aliphatic carbocycles. The second-order valence-corrected chi connectivity index (χ2v) is 10.8. The number of imidazole rings is 1. The lowest BCUT2D eigenvalue weighted by molar-refractivity contribution is 0.0981. The van der Waals surface area contributed by atoms with E-state index < -0.39 is 15.9 Å². The Bertz CT molecular complexity index is 1450. The first-order chi connectivity index (χ1) is 15.1. The van der Waals surface area contributed by atoms with Crippen LogP contribution in [0.4, 0.5) is 0 Å². The maximum atomic E-state index is 12.8. The summed E-state index contributed by atoms with van der Waals surface area (Å²) in [5.41, 5.74) is 3.51. The summed E-state index contributed by atoms with van der Waals surface area (Å²) in [6.45, 7) is 4.21. The fourth-order valence-electron chi connectivity index (χ4n) is 3.36. The van der Waals surface area contributed by atoms with Gasteiger partial charge < -0.3 is 4.57 Å². The molecule has 1 amide bonds. The number of fused-ring (bicyclic) bond motifs is 1. The van der Waals surface area contributed by atoms with Gasteiger partial charge in [0.15, 0.2) is 0 Å². The van der Waals surface area contributed by atoms with Crippen molar-refractivity contribution in [2.45, 2.75) is 25.3 Å². The number of rotatable bonds is 5. The molecule has 1 N–H and O–H groups in total. The Labute approximate surface area is 204 Å². The molecule has 0 atom stereocenters. The van der Waals surface area contributed by atoms with Crippen LogP contribution in [-0.2, 0) is 16.6 Å². The number of aromatic nitrogens is 2. The van der Waals surface area contributed by atoms with E-state index in [-0.39, 0.29) is 10.5 Å². The van der Waals surface area contributed by atoms with Crippen LogP contribution in [0.3, 0.4) is 0 Å². The van der Waals surface area contributed by atoms with Crippen LogP contribution in [-0.4, -0.2) is 23.9 Å². The van der Waals surface area contributed by atoms with Crippen molar-refractivity contribution < 1.29 is 13.2 Å². The van der Waals surface area contributed by atoms with E-state index in [2.05, 4.69) is 32.3 Å². The van der Waals surface area contributed by atoms with E-state index in [0.717, 1.165) is 26.0 Å². The molecular formula is C23H19ClIN3O3S. The maximum absolute atomic E-state index is 12.8. The summed E-state index contributed by atoms with van der Waals surface area (Å²) in [5.74, 6) is 0.0598. The number of aryl methyl sites for hydroxylation is 2. The number of hydrogen-bond donors (Lipinski definition) is 1. The monoisotopic (exact) mass is 579 g/mol. The molecule has 1 aromatic heterocycles. The standard InChI is InChI=1S/C23H19ClIN3O3S/c1-14-3-8-19(9-4-14)32(30,31)27-23(29)16-6-10-21-22(11-16)28(15(2)26-21)13-17-5-7-18(25)12-20(17)24/h3-12H,13H2,1-2H3,(H,27,29). The van der Waals surface area contributed by atoms with Gasteiger partial charge in [-0.05, 0) is 84.5 Å². The van der Waals surface area contributed by atoms with E-state index in [1.807, 2.05) is 36.6 Å². The van der Waals surface area contributed by atoms with Gasteiger partial charge in [0.1, 0.15) is 5.82 Å². The van der Waals surface area contributed by atoms with Crippen LogP contribution >= 0.6 is 34.2 Å². The molecule has 9 heteroatoms. The largest absolute Gasteiger partial charge is 0.324 e. The van der Waals surface area contributed by atoms with Crippen molar-refractivity contribution >= 4 is 61.2 Å². The van der Waals surface area contributed by atoms with Crippen LogP contribution in [0.2, 0.25) is 5.02 Å². The molecule has 4 aromatic rings. The predicted octanol–water partition coefficient (Wildman–Crippen LogP) is 5.08. The molecule has 0 unspecified atom stereocenters. The minimum atomic E-state index is -3.98. The summed E-state index contributed by atoms with van der Waals surface area (Å²) in [6, 6.07) is 17.1. The first-order valence-electron chi connectivity index (χ1n) is 9.69. The van der Waals surface area contributed by atoms with E-state index in [0.29, 0.717) is 17.1 Å². The highest BCUT2D eigenvalue weighted by Gasteiger charge is 2.20. The molecule has 0 radical (unpaired) electrons. The summed E-state index contributed by atoms with van der Waals surface area (Å²) in [5, 5.41) is 0.649. The Balaban J connectivity index is 1.66. The van der Waals surface area contributed by atoms with E-state index in [1.54, 1.807) is 30.3 Å². The molecule has 1 heterocycles. The molecule has 0 bridgehead atoms. The number of carbonyl (C=O) groups excluding carboxylic acids is 1. The summed E-state index contributed by atoms with van der Waals surface area (Å²) in [4.78, 5) is 17.4. The lowest BCUT2D eigenvalue weighted by Gasteiger charge is -2.11. The summed E-state index contributed by atoms with van der Waals surface area (Å²) < 4.78 is 30.3. The van der Waals surface area contributed by atoms with E-state index in [1.165, 1.54) is 12.1 Å².